The molecule has 24 heavy (non-hydrogen) atoms. The van der Waals surface area contributed by atoms with E-state index in [0.717, 1.165) is 0 Å². The third kappa shape index (κ3) is 3.64. The first kappa shape index (κ1) is 18.1. The number of phenols is 1. The maximum absolute atomic E-state index is 12.3. The van der Waals surface area contributed by atoms with Crippen molar-refractivity contribution in [2.45, 2.75) is 26.8 Å². The Hall–Kier alpha value is -2.22. The topological polar surface area (TPSA) is 96.9 Å². The van der Waals surface area contributed by atoms with E-state index in [2.05, 4.69) is 26.6 Å². The first-order valence-electron chi connectivity index (χ1n) is 7.49. The Morgan fingerprint density at radius 2 is 2.04 bits per heavy atom. The molecular formula is C16H19BrN2O5. The van der Waals surface area contributed by atoms with Crippen LogP contribution in [0.4, 0.5) is 4.79 Å². The van der Waals surface area contributed by atoms with E-state index in [-0.39, 0.29) is 18.1 Å². The Morgan fingerprint density at radius 3 is 2.67 bits per heavy atom. The van der Waals surface area contributed by atoms with Crippen LogP contribution in [0.25, 0.3) is 0 Å². The average Bonchev–Trinajstić information content (AvgIpc) is 2.49. The van der Waals surface area contributed by atoms with Gasteiger partial charge < -0.3 is 25.2 Å². The standard InChI is InChI=1S/C16H19BrN2O5/c1-4-23-12-6-9(10(17)7-11(12)20)14-13(15(21)24-5-2)8(3)18-16(22)19-14/h6-7,14,20H,4-5H2,1-3H3,(H2,18,19,22)/t14-/m1/s1. The summed E-state index contributed by atoms with van der Waals surface area (Å²) in [5.41, 5.74) is 1.29. The van der Waals surface area contributed by atoms with Crippen molar-refractivity contribution in [3.05, 3.63) is 33.4 Å². The Labute approximate surface area is 148 Å². The molecule has 0 aromatic heterocycles. The summed E-state index contributed by atoms with van der Waals surface area (Å²) in [6.07, 6.45) is 0. The molecule has 0 radical (unpaired) electrons. The molecule has 1 heterocycles. The number of hydrogen-bond donors (Lipinski definition) is 3. The summed E-state index contributed by atoms with van der Waals surface area (Å²) in [6, 6.07) is 1.90. The molecule has 1 aliphatic rings. The Morgan fingerprint density at radius 1 is 1.33 bits per heavy atom. The van der Waals surface area contributed by atoms with Gasteiger partial charge in [0.2, 0.25) is 0 Å². The van der Waals surface area contributed by atoms with Gasteiger partial charge in [0.05, 0.1) is 24.8 Å². The molecule has 1 aliphatic heterocycles. The summed E-state index contributed by atoms with van der Waals surface area (Å²) >= 11 is 3.36. The number of nitrogens with one attached hydrogen (secondary N) is 2. The van der Waals surface area contributed by atoms with E-state index in [0.29, 0.717) is 27.9 Å². The Balaban J connectivity index is 2.55. The monoisotopic (exact) mass is 398 g/mol. The molecule has 0 unspecified atom stereocenters. The molecule has 2 amide bonds. The molecule has 1 atom stereocenters. The predicted octanol–water partition coefficient (Wildman–Crippen LogP) is 2.74. The lowest BCUT2D eigenvalue weighted by Gasteiger charge is -2.29. The van der Waals surface area contributed by atoms with Crippen LogP contribution in [0.2, 0.25) is 0 Å². The van der Waals surface area contributed by atoms with Crippen molar-refractivity contribution in [2.75, 3.05) is 13.2 Å². The molecule has 0 saturated carbocycles. The average molecular weight is 399 g/mol. The third-order valence-electron chi connectivity index (χ3n) is 3.45. The number of halogens is 1. The summed E-state index contributed by atoms with van der Waals surface area (Å²) in [5, 5.41) is 15.2. The number of allylic oxidation sites excluding steroid dienone is 1. The highest BCUT2D eigenvalue weighted by atomic mass is 79.9. The minimum Gasteiger partial charge on any atom is -0.504 e. The van der Waals surface area contributed by atoms with Crippen molar-refractivity contribution in [3.8, 4) is 11.5 Å². The van der Waals surface area contributed by atoms with Gasteiger partial charge in [0, 0.05) is 10.2 Å². The smallest absolute Gasteiger partial charge is 0.338 e. The van der Waals surface area contributed by atoms with E-state index in [1.807, 2.05) is 0 Å². The van der Waals surface area contributed by atoms with Crippen LogP contribution in [-0.4, -0.2) is 30.3 Å². The van der Waals surface area contributed by atoms with Gasteiger partial charge in [-0.25, -0.2) is 9.59 Å². The highest BCUT2D eigenvalue weighted by molar-refractivity contribution is 9.10. The van der Waals surface area contributed by atoms with Crippen LogP contribution in [-0.2, 0) is 9.53 Å². The number of ether oxygens (including phenoxy) is 2. The molecular weight excluding hydrogens is 380 g/mol. The summed E-state index contributed by atoms with van der Waals surface area (Å²) < 4.78 is 11.0. The molecule has 0 aliphatic carbocycles. The van der Waals surface area contributed by atoms with Crippen molar-refractivity contribution in [1.82, 2.24) is 10.6 Å². The lowest BCUT2D eigenvalue weighted by molar-refractivity contribution is -0.139. The van der Waals surface area contributed by atoms with E-state index in [1.54, 1.807) is 26.8 Å². The van der Waals surface area contributed by atoms with Gasteiger partial charge in [-0.1, -0.05) is 15.9 Å². The maximum atomic E-state index is 12.3. The molecule has 8 heteroatoms. The molecule has 3 N–H and O–H groups in total. The minimum absolute atomic E-state index is 0.0360. The van der Waals surface area contributed by atoms with Gasteiger partial charge in [0.25, 0.3) is 0 Å². The highest BCUT2D eigenvalue weighted by Gasteiger charge is 2.33. The molecule has 2 rings (SSSR count). The Kier molecular flexibility index (Phi) is 5.71. The largest absolute Gasteiger partial charge is 0.504 e. The van der Waals surface area contributed by atoms with E-state index < -0.39 is 18.0 Å². The second-order valence-electron chi connectivity index (χ2n) is 5.07. The molecule has 1 aromatic rings. The zero-order valence-corrected chi connectivity index (χ0v) is 15.2. The summed E-state index contributed by atoms with van der Waals surface area (Å²) in [4.78, 5) is 24.2. The van der Waals surface area contributed by atoms with Crippen molar-refractivity contribution in [3.63, 3.8) is 0 Å². The number of aromatic hydroxyl groups is 1. The molecule has 7 nitrogen and oxygen atoms in total. The molecule has 1 aromatic carbocycles. The maximum Gasteiger partial charge on any atom is 0.338 e. The minimum atomic E-state index is -0.730. The second-order valence-corrected chi connectivity index (χ2v) is 5.92. The zero-order chi connectivity index (χ0) is 17.9. The fraction of sp³-hybridized carbons (Fsp3) is 0.375. The summed E-state index contributed by atoms with van der Waals surface area (Å²) in [5.74, 6) is -0.291. The van der Waals surface area contributed by atoms with Crippen LogP contribution in [0.3, 0.4) is 0 Å². The number of carbonyl (C=O) groups excluding carboxylic acids is 2. The zero-order valence-electron chi connectivity index (χ0n) is 13.6. The van der Waals surface area contributed by atoms with Crippen molar-refractivity contribution >= 4 is 27.9 Å². The SMILES string of the molecule is CCOC(=O)C1=C(C)NC(=O)N[C@@H]1c1cc(OCC)c(O)cc1Br. The van der Waals surface area contributed by atoms with Crippen LogP contribution >= 0.6 is 15.9 Å². The van der Waals surface area contributed by atoms with E-state index in [1.165, 1.54) is 6.07 Å². The number of rotatable bonds is 5. The predicted molar refractivity (Wildman–Crippen MR) is 90.7 cm³/mol. The van der Waals surface area contributed by atoms with E-state index in [9.17, 15) is 14.7 Å². The van der Waals surface area contributed by atoms with Gasteiger partial charge in [0.1, 0.15) is 0 Å². The van der Waals surface area contributed by atoms with Crippen LogP contribution in [0.1, 0.15) is 32.4 Å². The molecule has 0 spiro atoms. The van der Waals surface area contributed by atoms with Crippen LogP contribution in [0.15, 0.2) is 27.9 Å². The summed E-state index contributed by atoms with van der Waals surface area (Å²) in [6.45, 7) is 5.72. The van der Waals surface area contributed by atoms with E-state index >= 15 is 0 Å². The molecule has 0 saturated heterocycles. The Bertz CT molecular complexity index is 702. The van der Waals surface area contributed by atoms with Gasteiger partial charge in [0.15, 0.2) is 11.5 Å². The lowest BCUT2D eigenvalue weighted by Crippen LogP contribution is -2.45. The summed E-state index contributed by atoms with van der Waals surface area (Å²) in [7, 11) is 0. The fourth-order valence-corrected chi connectivity index (χ4v) is 3.02. The number of benzene rings is 1. The van der Waals surface area contributed by atoms with Crippen LogP contribution in [0, 0.1) is 0 Å². The van der Waals surface area contributed by atoms with Gasteiger partial charge >= 0.3 is 12.0 Å². The van der Waals surface area contributed by atoms with Crippen molar-refractivity contribution in [2.24, 2.45) is 0 Å². The van der Waals surface area contributed by atoms with Crippen LogP contribution < -0.4 is 15.4 Å². The van der Waals surface area contributed by atoms with Crippen LogP contribution in [0.5, 0.6) is 11.5 Å². The van der Waals surface area contributed by atoms with Gasteiger partial charge in [-0.2, -0.15) is 0 Å². The second kappa shape index (κ2) is 7.57. The highest BCUT2D eigenvalue weighted by Crippen LogP contribution is 2.39. The number of esters is 1. The number of phenolic OH excluding ortho intramolecular Hbond substituents is 1. The normalized spacial score (nSPS) is 17.2. The number of hydrogen-bond acceptors (Lipinski definition) is 5. The van der Waals surface area contributed by atoms with Gasteiger partial charge in [-0.05, 0) is 38.5 Å². The number of carbonyl (C=O) groups is 2. The third-order valence-corrected chi connectivity index (χ3v) is 4.14. The fourth-order valence-electron chi connectivity index (χ4n) is 2.46. The van der Waals surface area contributed by atoms with E-state index in [4.69, 9.17) is 9.47 Å². The molecule has 0 bridgehead atoms. The lowest BCUT2D eigenvalue weighted by atomic mass is 9.95. The van der Waals surface area contributed by atoms with Crippen molar-refractivity contribution in [1.29, 1.82) is 0 Å². The van der Waals surface area contributed by atoms with Gasteiger partial charge in [-0.3, -0.25) is 0 Å². The first-order chi connectivity index (χ1) is 11.4. The molecule has 0 fully saturated rings. The number of urea groups is 1. The first-order valence-corrected chi connectivity index (χ1v) is 8.28. The number of amides is 2. The quantitative estimate of drug-likeness (QED) is 0.662. The van der Waals surface area contributed by atoms with Crippen molar-refractivity contribution < 1.29 is 24.2 Å². The van der Waals surface area contributed by atoms with Gasteiger partial charge in [-0.15, -0.1) is 0 Å². The molecule has 130 valence electrons.